The number of nitrogens with zero attached hydrogens (tertiary/aromatic N) is 2. The van der Waals surface area contributed by atoms with Gasteiger partial charge in [-0.05, 0) is 32.6 Å². The van der Waals surface area contributed by atoms with E-state index in [4.69, 9.17) is 5.73 Å². The van der Waals surface area contributed by atoms with Crippen LogP contribution in [0.3, 0.4) is 0 Å². The number of likely N-dealkylation sites (tertiary alicyclic amines) is 1. The normalized spacial score (nSPS) is 19.5. The maximum Gasteiger partial charge on any atom is 0.266 e. The predicted octanol–water partition coefficient (Wildman–Crippen LogP) is 1.97. The Morgan fingerprint density at radius 2 is 2.39 bits per heavy atom. The first-order chi connectivity index (χ1) is 8.67. The first-order valence-electron chi connectivity index (χ1n) is 6.64. The third kappa shape index (κ3) is 2.57. The van der Waals surface area contributed by atoms with Gasteiger partial charge in [-0.15, -0.1) is 11.3 Å². The molecule has 1 saturated heterocycles. The Morgan fingerprint density at radius 1 is 1.61 bits per heavy atom. The van der Waals surface area contributed by atoms with E-state index in [-0.39, 0.29) is 11.9 Å². The molecule has 100 valence electrons. The molecule has 0 spiro atoms. The molecule has 2 N–H and O–H groups in total. The number of nitrogens with two attached hydrogens (primary N) is 1. The summed E-state index contributed by atoms with van der Waals surface area (Å²) < 4.78 is 0. The minimum Gasteiger partial charge on any atom is -0.334 e. The van der Waals surface area contributed by atoms with Crippen LogP contribution >= 0.6 is 11.3 Å². The SMILES string of the molecule is CCCc1nc(C)c(C(=O)N2CCCC2CN)s1. The second-order valence-electron chi connectivity index (χ2n) is 4.80. The highest BCUT2D eigenvalue weighted by atomic mass is 32.1. The minimum absolute atomic E-state index is 0.125. The van der Waals surface area contributed by atoms with Crippen LogP contribution in [0.15, 0.2) is 0 Å². The lowest BCUT2D eigenvalue weighted by Gasteiger charge is -2.22. The smallest absolute Gasteiger partial charge is 0.266 e. The topological polar surface area (TPSA) is 59.2 Å². The Bertz CT molecular complexity index is 430. The first kappa shape index (κ1) is 13.5. The van der Waals surface area contributed by atoms with Crippen molar-refractivity contribution in [2.45, 2.75) is 45.6 Å². The first-order valence-corrected chi connectivity index (χ1v) is 7.46. The van der Waals surface area contributed by atoms with Crippen LogP contribution in [0.25, 0.3) is 0 Å². The molecule has 0 aromatic carbocycles. The lowest BCUT2D eigenvalue weighted by molar-refractivity contribution is 0.0745. The summed E-state index contributed by atoms with van der Waals surface area (Å²) in [4.78, 5) is 19.7. The van der Waals surface area contributed by atoms with Crippen molar-refractivity contribution >= 4 is 17.2 Å². The van der Waals surface area contributed by atoms with E-state index in [2.05, 4.69) is 11.9 Å². The molecule has 0 bridgehead atoms. The Morgan fingerprint density at radius 3 is 3.06 bits per heavy atom. The second kappa shape index (κ2) is 5.80. The van der Waals surface area contributed by atoms with Gasteiger partial charge in [0.2, 0.25) is 0 Å². The summed E-state index contributed by atoms with van der Waals surface area (Å²) in [6.45, 7) is 5.45. The number of thiazole rings is 1. The Balaban J connectivity index is 2.17. The second-order valence-corrected chi connectivity index (χ2v) is 5.89. The number of hydrogen-bond acceptors (Lipinski definition) is 4. The number of amides is 1. The van der Waals surface area contributed by atoms with Gasteiger partial charge in [-0.3, -0.25) is 4.79 Å². The van der Waals surface area contributed by atoms with E-state index in [0.717, 1.165) is 47.8 Å². The van der Waals surface area contributed by atoms with E-state index in [9.17, 15) is 4.79 Å². The summed E-state index contributed by atoms with van der Waals surface area (Å²) in [6.07, 6.45) is 4.12. The zero-order valence-electron chi connectivity index (χ0n) is 11.1. The van der Waals surface area contributed by atoms with Crippen molar-refractivity contribution in [1.82, 2.24) is 9.88 Å². The molecule has 1 aliphatic heterocycles. The zero-order chi connectivity index (χ0) is 13.1. The molecule has 1 unspecified atom stereocenters. The molecule has 1 atom stereocenters. The highest BCUT2D eigenvalue weighted by Crippen LogP contribution is 2.25. The van der Waals surface area contributed by atoms with Gasteiger partial charge < -0.3 is 10.6 Å². The molecular weight excluding hydrogens is 246 g/mol. The molecule has 18 heavy (non-hydrogen) atoms. The Hall–Kier alpha value is -0.940. The van der Waals surface area contributed by atoms with Crippen LogP contribution in [-0.4, -0.2) is 34.9 Å². The largest absolute Gasteiger partial charge is 0.334 e. The number of carbonyl (C=O) groups excluding carboxylic acids is 1. The van der Waals surface area contributed by atoms with Crippen molar-refractivity contribution in [3.63, 3.8) is 0 Å². The van der Waals surface area contributed by atoms with E-state index >= 15 is 0 Å². The Kier molecular flexibility index (Phi) is 4.35. The standard InChI is InChI=1S/C13H21N3OS/c1-3-5-11-15-9(2)12(18-11)13(17)16-7-4-6-10(16)8-14/h10H,3-8,14H2,1-2H3. The van der Waals surface area contributed by atoms with Crippen molar-refractivity contribution < 1.29 is 4.79 Å². The molecule has 2 heterocycles. The number of aromatic nitrogens is 1. The summed E-state index contributed by atoms with van der Waals surface area (Å²) in [5.74, 6) is 0.125. The fourth-order valence-electron chi connectivity index (χ4n) is 2.45. The summed E-state index contributed by atoms with van der Waals surface area (Å²) in [5, 5.41) is 1.07. The predicted molar refractivity (Wildman–Crippen MR) is 74.0 cm³/mol. The zero-order valence-corrected chi connectivity index (χ0v) is 11.9. The molecule has 1 fully saturated rings. The van der Waals surface area contributed by atoms with Crippen molar-refractivity contribution in [3.8, 4) is 0 Å². The monoisotopic (exact) mass is 267 g/mol. The lowest BCUT2D eigenvalue weighted by atomic mass is 10.2. The van der Waals surface area contributed by atoms with Crippen molar-refractivity contribution in [1.29, 1.82) is 0 Å². The Labute approximate surface area is 112 Å². The van der Waals surface area contributed by atoms with Crippen LogP contribution in [0.2, 0.25) is 0 Å². The van der Waals surface area contributed by atoms with E-state index < -0.39 is 0 Å². The van der Waals surface area contributed by atoms with Gasteiger partial charge in [0.05, 0.1) is 10.7 Å². The van der Waals surface area contributed by atoms with Gasteiger partial charge in [-0.2, -0.15) is 0 Å². The molecule has 0 aliphatic carbocycles. The summed E-state index contributed by atoms with van der Waals surface area (Å²) >= 11 is 1.55. The van der Waals surface area contributed by atoms with Gasteiger partial charge in [-0.25, -0.2) is 4.98 Å². The van der Waals surface area contributed by atoms with Gasteiger partial charge >= 0.3 is 0 Å². The van der Waals surface area contributed by atoms with Gasteiger partial charge in [0, 0.05) is 19.1 Å². The van der Waals surface area contributed by atoms with Crippen molar-refractivity contribution in [2.24, 2.45) is 5.73 Å². The highest BCUT2D eigenvalue weighted by molar-refractivity contribution is 7.13. The maximum atomic E-state index is 12.5. The molecule has 0 saturated carbocycles. The van der Waals surface area contributed by atoms with Crippen molar-refractivity contribution in [3.05, 3.63) is 15.6 Å². The summed E-state index contributed by atoms with van der Waals surface area (Å²) in [7, 11) is 0. The van der Waals surface area contributed by atoms with Gasteiger partial charge in [-0.1, -0.05) is 6.92 Å². The maximum absolute atomic E-state index is 12.5. The fourth-order valence-corrected chi connectivity index (χ4v) is 3.57. The highest BCUT2D eigenvalue weighted by Gasteiger charge is 2.30. The molecule has 0 radical (unpaired) electrons. The average Bonchev–Trinajstić information content (AvgIpc) is 2.95. The van der Waals surface area contributed by atoms with Crippen LogP contribution in [0.5, 0.6) is 0 Å². The van der Waals surface area contributed by atoms with E-state index in [1.165, 1.54) is 0 Å². The molecule has 5 heteroatoms. The fraction of sp³-hybridized carbons (Fsp3) is 0.692. The molecule has 1 aromatic heterocycles. The summed E-state index contributed by atoms with van der Waals surface area (Å²) in [5.41, 5.74) is 6.60. The molecule has 2 rings (SSSR count). The molecular formula is C13H21N3OS. The van der Waals surface area contributed by atoms with Crippen LogP contribution in [0, 0.1) is 6.92 Å². The van der Waals surface area contributed by atoms with Crippen LogP contribution < -0.4 is 5.73 Å². The lowest BCUT2D eigenvalue weighted by Crippen LogP contribution is -2.39. The van der Waals surface area contributed by atoms with E-state index in [1.807, 2.05) is 11.8 Å². The van der Waals surface area contributed by atoms with Gasteiger partial charge in [0.15, 0.2) is 0 Å². The summed E-state index contributed by atoms with van der Waals surface area (Å²) in [6, 6.07) is 0.216. The third-order valence-corrected chi connectivity index (χ3v) is 4.61. The van der Waals surface area contributed by atoms with Gasteiger partial charge in [0.25, 0.3) is 5.91 Å². The average molecular weight is 267 g/mol. The molecule has 1 amide bonds. The molecule has 1 aromatic rings. The molecule has 4 nitrogen and oxygen atoms in total. The number of aryl methyl sites for hydroxylation is 2. The van der Waals surface area contributed by atoms with Crippen molar-refractivity contribution in [2.75, 3.05) is 13.1 Å². The van der Waals surface area contributed by atoms with E-state index in [1.54, 1.807) is 11.3 Å². The van der Waals surface area contributed by atoms with Crippen LogP contribution in [-0.2, 0) is 6.42 Å². The number of carbonyl (C=O) groups is 1. The van der Waals surface area contributed by atoms with Crippen LogP contribution in [0.1, 0.15) is 46.6 Å². The van der Waals surface area contributed by atoms with Gasteiger partial charge in [0.1, 0.15) is 4.88 Å². The quantitative estimate of drug-likeness (QED) is 0.907. The third-order valence-electron chi connectivity index (χ3n) is 3.41. The molecule has 1 aliphatic rings. The van der Waals surface area contributed by atoms with Crippen LogP contribution in [0.4, 0.5) is 0 Å². The van der Waals surface area contributed by atoms with E-state index in [0.29, 0.717) is 6.54 Å². The number of hydrogen-bond donors (Lipinski definition) is 1. The minimum atomic E-state index is 0.125. The number of rotatable bonds is 4.